The maximum absolute atomic E-state index is 4.83. The van der Waals surface area contributed by atoms with Crippen molar-refractivity contribution in [2.24, 2.45) is 0 Å². The number of rotatable bonds is 1. The zero-order chi connectivity index (χ0) is 7.56. The van der Waals surface area contributed by atoms with Gasteiger partial charge in [0.2, 0.25) is 0 Å². The summed E-state index contributed by atoms with van der Waals surface area (Å²) in [5.41, 5.74) is 0.924. The summed E-state index contributed by atoms with van der Waals surface area (Å²) in [4.78, 5) is 0. The van der Waals surface area contributed by atoms with E-state index in [2.05, 4.69) is 15.9 Å². The summed E-state index contributed by atoms with van der Waals surface area (Å²) >= 11 is 13.0. The van der Waals surface area contributed by atoms with Gasteiger partial charge in [-0.15, -0.1) is 4.20 Å². The molecule has 0 aromatic heterocycles. The van der Waals surface area contributed by atoms with Crippen molar-refractivity contribution < 1.29 is 18.9 Å². The van der Waals surface area contributed by atoms with E-state index >= 15 is 0 Å². The molecule has 0 atom stereocenters. The molecule has 1 aromatic carbocycles. The fourth-order valence-corrected chi connectivity index (χ4v) is 1.73. The minimum Gasteiger partial charge on any atom is -0.428 e. The Kier molecular flexibility index (Phi) is 5.58. The largest absolute Gasteiger partial charge is 1.00 e. The third-order valence-electron chi connectivity index (χ3n) is 1.09. The summed E-state index contributed by atoms with van der Waals surface area (Å²) < 4.78 is 1.47. The SMILES string of the molecule is S=C([S-])c1ccccc1Br.[Li+]. The number of thiocarbonyl (C=S) groups is 1. The average Bonchev–Trinajstić information content (AvgIpc) is 1.88. The van der Waals surface area contributed by atoms with Crippen LogP contribution in [0.15, 0.2) is 28.7 Å². The summed E-state index contributed by atoms with van der Waals surface area (Å²) in [5.74, 6) is 0. The molecule has 0 heterocycles. The van der Waals surface area contributed by atoms with Crippen LogP contribution in [0.2, 0.25) is 0 Å². The van der Waals surface area contributed by atoms with Crippen molar-refractivity contribution in [1.82, 2.24) is 0 Å². The zero-order valence-electron chi connectivity index (χ0n) is 6.00. The molecular formula is C7H4BrLiS2. The van der Waals surface area contributed by atoms with Crippen molar-refractivity contribution in [1.29, 1.82) is 0 Å². The number of hydrogen-bond acceptors (Lipinski definition) is 2. The molecule has 0 aliphatic carbocycles. The monoisotopic (exact) mass is 238 g/mol. The second kappa shape index (κ2) is 5.29. The summed E-state index contributed by atoms with van der Waals surface area (Å²) in [6.45, 7) is 0. The molecule has 0 radical (unpaired) electrons. The first-order valence-electron chi connectivity index (χ1n) is 2.67. The van der Waals surface area contributed by atoms with Crippen molar-refractivity contribution in [3.05, 3.63) is 34.3 Å². The van der Waals surface area contributed by atoms with Crippen LogP contribution in [0.4, 0.5) is 0 Å². The van der Waals surface area contributed by atoms with E-state index < -0.39 is 0 Å². The fourth-order valence-electron chi connectivity index (χ4n) is 0.627. The molecule has 4 heteroatoms. The van der Waals surface area contributed by atoms with Crippen LogP contribution < -0.4 is 18.9 Å². The van der Waals surface area contributed by atoms with Crippen molar-refractivity contribution in [3.63, 3.8) is 0 Å². The third kappa shape index (κ3) is 3.23. The van der Waals surface area contributed by atoms with Gasteiger partial charge in [-0.25, -0.2) is 0 Å². The number of halogens is 1. The minimum atomic E-state index is 0. The van der Waals surface area contributed by atoms with Crippen molar-refractivity contribution in [3.8, 4) is 0 Å². The van der Waals surface area contributed by atoms with Crippen molar-refractivity contribution >= 4 is 45.0 Å². The number of hydrogen-bond donors (Lipinski definition) is 0. The summed E-state index contributed by atoms with van der Waals surface area (Å²) in [5, 5.41) is 0. The van der Waals surface area contributed by atoms with E-state index in [9.17, 15) is 0 Å². The normalized spacial score (nSPS) is 8.45. The van der Waals surface area contributed by atoms with Crippen LogP contribution in [0.3, 0.4) is 0 Å². The van der Waals surface area contributed by atoms with Gasteiger partial charge in [0.1, 0.15) is 0 Å². The Bertz CT molecular complexity index is 262. The molecule has 0 unspecified atom stereocenters. The number of benzene rings is 1. The first-order chi connectivity index (χ1) is 4.72. The van der Waals surface area contributed by atoms with Crippen LogP contribution >= 0.6 is 28.1 Å². The van der Waals surface area contributed by atoms with E-state index in [0.29, 0.717) is 4.20 Å². The Morgan fingerprint density at radius 3 is 2.27 bits per heavy atom. The molecule has 11 heavy (non-hydrogen) atoms. The third-order valence-corrected chi connectivity index (χ3v) is 2.23. The zero-order valence-corrected chi connectivity index (χ0v) is 9.22. The van der Waals surface area contributed by atoms with E-state index in [0.717, 1.165) is 10.0 Å². The molecule has 0 aliphatic rings. The van der Waals surface area contributed by atoms with Gasteiger partial charge in [-0.1, -0.05) is 34.1 Å². The van der Waals surface area contributed by atoms with Crippen molar-refractivity contribution in [2.75, 3.05) is 0 Å². The van der Waals surface area contributed by atoms with E-state index in [1.54, 1.807) is 0 Å². The molecule has 0 saturated carbocycles. The van der Waals surface area contributed by atoms with Gasteiger partial charge in [0.05, 0.1) is 0 Å². The predicted octanol–water partition coefficient (Wildman–Crippen LogP) is -0.325. The van der Waals surface area contributed by atoms with Crippen LogP contribution in [-0.2, 0) is 12.6 Å². The molecule has 0 spiro atoms. The van der Waals surface area contributed by atoms with E-state index in [-0.39, 0.29) is 18.9 Å². The van der Waals surface area contributed by atoms with E-state index in [1.807, 2.05) is 24.3 Å². The van der Waals surface area contributed by atoms with Gasteiger partial charge in [0.25, 0.3) is 0 Å². The quantitative estimate of drug-likeness (QED) is 0.374. The van der Waals surface area contributed by atoms with E-state index in [1.165, 1.54) is 0 Å². The molecule has 0 bridgehead atoms. The first-order valence-corrected chi connectivity index (χ1v) is 4.28. The molecular weight excluding hydrogens is 235 g/mol. The topological polar surface area (TPSA) is 0 Å². The Morgan fingerprint density at radius 1 is 1.36 bits per heavy atom. The van der Waals surface area contributed by atoms with Gasteiger partial charge in [0, 0.05) is 4.47 Å². The fraction of sp³-hybridized carbons (Fsp3) is 0. The molecule has 52 valence electrons. The smallest absolute Gasteiger partial charge is 0.428 e. The van der Waals surface area contributed by atoms with Gasteiger partial charge < -0.3 is 24.8 Å². The molecule has 0 nitrogen and oxygen atoms in total. The van der Waals surface area contributed by atoms with Gasteiger partial charge in [-0.3, -0.25) is 0 Å². The molecule has 1 aromatic rings. The summed E-state index contributed by atoms with van der Waals surface area (Å²) in [7, 11) is 0. The van der Waals surface area contributed by atoms with E-state index in [4.69, 9.17) is 24.8 Å². The second-order valence-electron chi connectivity index (χ2n) is 1.77. The van der Waals surface area contributed by atoms with Gasteiger partial charge >= 0.3 is 18.9 Å². The van der Waals surface area contributed by atoms with Gasteiger partial charge in [0.15, 0.2) is 0 Å². The molecule has 0 N–H and O–H groups in total. The first kappa shape index (κ1) is 11.6. The van der Waals surface area contributed by atoms with Crippen LogP contribution in [-0.4, -0.2) is 4.20 Å². The Morgan fingerprint density at radius 2 is 1.91 bits per heavy atom. The maximum Gasteiger partial charge on any atom is 1.00 e. The average molecular weight is 239 g/mol. The van der Waals surface area contributed by atoms with Crippen LogP contribution in [0.5, 0.6) is 0 Å². The molecule has 1 rings (SSSR count). The van der Waals surface area contributed by atoms with Gasteiger partial charge in [-0.2, -0.15) is 0 Å². The van der Waals surface area contributed by atoms with Crippen molar-refractivity contribution in [2.45, 2.75) is 0 Å². The molecule has 0 aliphatic heterocycles. The van der Waals surface area contributed by atoms with Crippen LogP contribution in [0, 0.1) is 0 Å². The Hall–Kier alpha value is 0.607. The molecule has 0 saturated heterocycles. The Balaban J connectivity index is 0.000001000. The maximum atomic E-state index is 4.83. The molecule has 0 amide bonds. The summed E-state index contributed by atoms with van der Waals surface area (Å²) in [6, 6.07) is 7.67. The Labute approximate surface area is 97.5 Å². The minimum absolute atomic E-state index is 0. The van der Waals surface area contributed by atoms with Gasteiger partial charge in [-0.05, 0) is 11.6 Å². The second-order valence-corrected chi connectivity index (χ2v) is 3.70. The summed E-state index contributed by atoms with van der Waals surface area (Å²) in [6.07, 6.45) is 0. The molecule has 0 fully saturated rings. The predicted molar refractivity (Wildman–Crippen MR) is 53.2 cm³/mol. The standard InChI is InChI=1S/C7H5BrS2.Li/c8-6-4-2-1-3-5(6)7(9)10;/h1-4H,(H,9,10);/q;+1/p-1. The van der Waals surface area contributed by atoms with Crippen LogP contribution in [0.1, 0.15) is 5.56 Å². The van der Waals surface area contributed by atoms with Crippen LogP contribution in [0.25, 0.3) is 0 Å².